The zero-order chi connectivity index (χ0) is 20.3. The summed E-state index contributed by atoms with van der Waals surface area (Å²) in [6, 6.07) is 17.7. The summed E-state index contributed by atoms with van der Waals surface area (Å²) in [5.74, 6) is 1.20. The highest BCUT2D eigenvalue weighted by atomic mass is 16.5. The third-order valence-electron chi connectivity index (χ3n) is 4.78. The van der Waals surface area contributed by atoms with Gasteiger partial charge in [-0.3, -0.25) is 4.79 Å². The first-order valence-corrected chi connectivity index (χ1v) is 9.81. The van der Waals surface area contributed by atoms with E-state index in [1.165, 1.54) is 0 Å². The van der Waals surface area contributed by atoms with Gasteiger partial charge in [0.15, 0.2) is 18.1 Å². The SMILES string of the molecule is CC1(C)Cc2cccc(OCC(=O)NCCc3ccn(-c4ccccc4)n3)c2O1. The summed E-state index contributed by atoms with van der Waals surface area (Å²) in [6.07, 6.45) is 3.41. The molecular weight excluding hydrogens is 366 g/mol. The lowest BCUT2D eigenvalue weighted by molar-refractivity contribution is -0.123. The Kier molecular flexibility index (Phi) is 5.25. The van der Waals surface area contributed by atoms with Crippen LogP contribution in [0, 0.1) is 0 Å². The minimum absolute atomic E-state index is 0.0430. The maximum atomic E-state index is 12.2. The number of nitrogens with one attached hydrogen (secondary N) is 1. The summed E-state index contributed by atoms with van der Waals surface area (Å²) in [4.78, 5) is 12.2. The Balaban J connectivity index is 1.25. The first kappa shape index (κ1) is 19.1. The van der Waals surface area contributed by atoms with Gasteiger partial charge in [-0.25, -0.2) is 4.68 Å². The second-order valence-corrected chi connectivity index (χ2v) is 7.76. The van der Waals surface area contributed by atoms with Crippen molar-refractivity contribution in [3.05, 3.63) is 72.1 Å². The molecule has 0 spiro atoms. The molecule has 2 aromatic carbocycles. The standard InChI is InChI=1S/C23H25N3O3/c1-23(2)15-17-7-6-10-20(22(17)29-23)28-16-21(27)24-13-11-18-12-14-26(25-18)19-8-4-3-5-9-19/h3-10,12,14H,11,13,15-16H2,1-2H3,(H,24,27). The molecular formula is C23H25N3O3. The largest absolute Gasteiger partial charge is 0.483 e. The van der Waals surface area contributed by atoms with E-state index in [0.29, 0.717) is 18.7 Å². The van der Waals surface area contributed by atoms with E-state index in [0.717, 1.165) is 29.1 Å². The van der Waals surface area contributed by atoms with E-state index in [9.17, 15) is 4.79 Å². The minimum Gasteiger partial charge on any atom is -0.483 e. The molecule has 1 aliphatic heterocycles. The third kappa shape index (κ3) is 4.59. The molecule has 3 aromatic rings. The van der Waals surface area contributed by atoms with Gasteiger partial charge >= 0.3 is 0 Å². The van der Waals surface area contributed by atoms with E-state index in [-0.39, 0.29) is 18.1 Å². The number of hydrogen-bond donors (Lipinski definition) is 1. The molecule has 0 saturated heterocycles. The smallest absolute Gasteiger partial charge is 0.257 e. The van der Waals surface area contributed by atoms with Crippen LogP contribution in [0.15, 0.2) is 60.8 Å². The maximum absolute atomic E-state index is 12.2. The van der Waals surface area contributed by atoms with Crippen LogP contribution in [-0.2, 0) is 17.6 Å². The summed E-state index contributed by atoms with van der Waals surface area (Å²) in [5, 5.41) is 7.42. The number of carbonyl (C=O) groups excluding carboxylic acids is 1. The van der Waals surface area contributed by atoms with Crippen LogP contribution >= 0.6 is 0 Å². The molecule has 1 amide bonds. The first-order chi connectivity index (χ1) is 14.0. The highest BCUT2D eigenvalue weighted by molar-refractivity contribution is 5.77. The van der Waals surface area contributed by atoms with Gasteiger partial charge in [-0.15, -0.1) is 0 Å². The fourth-order valence-electron chi connectivity index (χ4n) is 3.44. The van der Waals surface area contributed by atoms with Crippen molar-refractivity contribution < 1.29 is 14.3 Å². The molecule has 0 fully saturated rings. The number of nitrogens with zero attached hydrogens (tertiary/aromatic N) is 2. The number of aromatic nitrogens is 2. The molecule has 29 heavy (non-hydrogen) atoms. The second-order valence-electron chi connectivity index (χ2n) is 7.76. The van der Waals surface area contributed by atoms with Gasteiger partial charge in [0.25, 0.3) is 5.91 Å². The lowest BCUT2D eigenvalue weighted by Crippen LogP contribution is -2.30. The summed E-state index contributed by atoms with van der Waals surface area (Å²) in [7, 11) is 0. The first-order valence-electron chi connectivity index (χ1n) is 9.81. The Morgan fingerprint density at radius 2 is 2.00 bits per heavy atom. The van der Waals surface area contributed by atoms with Crippen LogP contribution in [0.4, 0.5) is 0 Å². The Morgan fingerprint density at radius 1 is 1.17 bits per heavy atom. The van der Waals surface area contributed by atoms with E-state index in [4.69, 9.17) is 9.47 Å². The third-order valence-corrected chi connectivity index (χ3v) is 4.78. The zero-order valence-electron chi connectivity index (χ0n) is 16.7. The average molecular weight is 391 g/mol. The molecule has 0 saturated carbocycles. The number of fused-ring (bicyclic) bond motifs is 1. The highest BCUT2D eigenvalue weighted by Gasteiger charge is 2.32. The Morgan fingerprint density at radius 3 is 2.83 bits per heavy atom. The Hall–Kier alpha value is -3.28. The molecule has 2 heterocycles. The van der Waals surface area contributed by atoms with Gasteiger partial charge < -0.3 is 14.8 Å². The topological polar surface area (TPSA) is 65.4 Å². The molecule has 6 heteroatoms. The maximum Gasteiger partial charge on any atom is 0.257 e. The monoisotopic (exact) mass is 391 g/mol. The lowest BCUT2D eigenvalue weighted by atomic mass is 10.0. The van der Waals surface area contributed by atoms with E-state index < -0.39 is 0 Å². The van der Waals surface area contributed by atoms with E-state index in [1.54, 1.807) is 0 Å². The number of benzene rings is 2. The molecule has 0 aliphatic carbocycles. The van der Waals surface area contributed by atoms with Gasteiger partial charge in [-0.1, -0.05) is 30.3 Å². The minimum atomic E-state index is -0.243. The Bertz CT molecular complexity index is 996. The van der Waals surface area contributed by atoms with Crippen LogP contribution < -0.4 is 14.8 Å². The number of amides is 1. The molecule has 0 unspecified atom stereocenters. The quantitative estimate of drug-likeness (QED) is 0.671. The molecule has 6 nitrogen and oxygen atoms in total. The summed E-state index contributed by atoms with van der Waals surface area (Å²) < 4.78 is 13.5. The van der Waals surface area contributed by atoms with Crippen LogP contribution in [0.2, 0.25) is 0 Å². The van der Waals surface area contributed by atoms with Crippen molar-refractivity contribution in [3.63, 3.8) is 0 Å². The number of hydrogen-bond acceptors (Lipinski definition) is 4. The van der Waals surface area contributed by atoms with Gasteiger partial charge in [0.1, 0.15) is 5.60 Å². The summed E-state index contributed by atoms with van der Waals surface area (Å²) >= 11 is 0. The molecule has 0 atom stereocenters. The van der Waals surface area contributed by atoms with Gasteiger partial charge in [0.2, 0.25) is 0 Å². The molecule has 150 valence electrons. The summed E-state index contributed by atoms with van der Waals surface area (Å²) in [5.41, 5.74) is 2.80. The fraction of sp³-hybridized carbons (Fsp3) is 0.304. The lowest BCUT2D eigenvalue weighted by Gasteiger charge is -2.18. The van der Waals surface area contributed by atoms with Crippen molar-refractivity contribution in [3.8, 4) is 17.2 Å². The molecule has 1 aromatic heterocycles. The summed E-state index contributed by atoms with van der Waals surface area (Å²) in [6.45, 7) is 4.55. The van der Waals surface area contributed by atoms with E-state index in [1.807, 2.05) is 79.3 Å². The number of para-hydroxylation sites is 2. The van der Waals surface area contributed by atoms with Crippen LogP contribution in [0.3, 0.4) is 0 Å². The van der Waals surface area contributed by atoms with Crippen LogP contribution in [0.5, 0.6) is 11.5 Å². The van der Waals surface area contributed by atoms with Crippen molar-refractivity contribution in [1.29, 1.82) is 0 Å². The van der Waals surface area contributed by atoms with Crippen molar-refractivity contribution in [2.45, 2.75) is 32.3 Å². The molecule has 4 rings (SSSR count). The predicted octanol–water partition coefficient (Wildman–Crippen LogP) is 3.32. The van der Waals surface area contributed by atoms with Crippen molar-refractivity contribution in [1.82, 2.24) is 15.1 Å². The molecule has 0 bridgehead atoms. The zero-order valence-corrected chi connectivity index (χ0v) is 16.7. The van der Waals surface area contributed by atoms with E-state index >= 15 is 0 Å². The van der Waals surface area contributed by atoms with Crippen LogP contribution in [0.25, 0.3) is 5.69 Å². The van der Waals surface area contributed by atoms with Gasteiger partial charge in [0.05, 0.1) is 11.4 Å². The van der Waals surface area contributed by atoms with Crippen molar-refractivity contribution in [2.75, 3.05) is 13.2 Å². The number of ether oxygens (including phenoxy) is 2. The van der Waals surface area contributed by atoms with Crippen molar-refractivity contribution >= 4 is 5.91 Å². The Labute approximate surface area is 170 Å². The molecule has 1 N–H and O–H groups in total. The van der Waals surface area contributed by atoms with Gasteiger partial charge in [-0.2, -0.15) is 5.10 Å². The van der Waals surface area contributed by atoms with E-state index in [2.05, 4.69) is 10.4 Å². The fourth-order valence-corrected chi connectivity index (χ4v) is 3.44. The normalized spacial score (nSPS) is 14.1. The second kappa shape index (κ2) is 7.99. The average Bonchev–Trinajstić information content (AvgIpc) is 3.30. The number of carbonyl (C=O) groups is 1. The molecule has 0 radical (unpaired) electrons. The van der Waals surface area contributed by atoms with Crippen molar-refractivity contribution in [2.24, 2.45) is 0 Å². The van der Waals surface area contributed by atoms with Crippen LogP contribution in [0.1, 0.15) is 25.1 Å². The molecule has 1 aliphatic rings. The van der Waals surface area contributed by atoms with Gasteiger partial charge in [-0.05, 0) is 38.1 Å². The predicted molar refractivity (Wildman–Crippen MR) is 111 cm³/mol. The highest BCUT2D eigenvalue weighted by Crippen LogP contribution is 2.41. The van der Waals surface area contributed by atoms with Crippen LogP contribution in [-0.4, -0.2) is 34.4 Å². The number of rotatable bonds is 7. The van der Waals surface area contributed by atoms with Gasteiger partial charge in [0, 0.05) is 31.1 Å².